The number of aromatic hydroxyl groups is 1. The largest absolute Gasteiger partial charge is 0.502 e. The van der Waals surface area contributed by atoms with E-state index >= 15 is 0 Å². The van der Waals surface area contributed by atoms with Gasteiger partial charge < -0.3 is 24.1 Å². The number of halogens is 3. The molecular formula is C41H37BrCl2N2O9. The number of hydrogen-bond donors (Lipinski definition) is 1. The van der Waals surface area contributed by atoms with E-state index in [-0.39, 0.29) is 41.5 Å². The first kappa shape index (κ1) is 38.5. The zero-order chi connectivity index (χ0) is 39.4. The highest BCUT2D eigenvalue weighted by Crippen LogP contribution is 2.63. The van der Waals surface area contributed by atoms with Gasteiger partial charge in [-0.1, -0.05) is 64.0 Å². The first-order valence-corrected chi connectivity index (χ1v) is 19.3. The van der Waals surface area contributed by atoms with Crippen molar-refractivity contribution in [2.75, 3.05) is 38.8 Å². The molecule has 55 heavy (non-hydrogen) atoms. The van der Waals surface area contributed by atoms with Gasteiger partial charge in [0.2, 0.25) is 17.6 Å². The van der Waals surface area contributed by atoms with Gasteiger partial charge in [0.05, 0.1) is 51.4 Å². The summed E-state index contributed by atoms with van der Waals surface area (Å²) in [7, 11) is 5.99. The van der Waals surface area contributed by atoms with E-state index in [1.54, 1.807) is 50.6 Å². The molecule has 0 aromatic heterocycles. The number of hydrogen-bond acceptors (Lipinski definition) is 9. The minimum absolute atomic E-state index is 0.129. The number of imide groups is 2. The van der Waals surface area contributed by atoms with Crippen molar-refractivity contribution in [3.63, 3.8) is 0 Å². The number of benzene rings is 3. The zero-order valence-corrected chi connectivity index (χ0v) is 33.4. The van der Waals surface area contributed by atoms with Crippen LogP contribution in [0.15, 0.2) is 72.3 Å². The van der Waals surface area contributed by atoms with Crippen LogP contribution in [0.1, 0.15) is 29.5 Å². The number of amides is 4. The molecule has 2 heterocycles. The average Bonchev–Trinajstić information content (AvgIpc) is 3.53. The number of phenolic OH excluding ortho intramolecular Hbond substituents is 1. The Balaban J connectivity index is 1.22. The van der Waals surface area contributed by atoms with E-state index in [1.165, 1.54) is 19.1 Å². The molecule has 4 amide bonds. The number of phenols is 1. The van der Waals surface area contributed by atoms with Gasteiger partial charge in [-0.2, -0.15) is 0 Å². The smallest absolute Gasteiger partial charge is 0.254 e. The van der Waals surface area contributed by atoms with Crippen LogP contribution in [-0.4, -0.2) is 77.3 Å². The monoisotopic (exact) mass is 850 g/mol. The molecule has 6 atom stereocenters. The molecule has 2 aliphatic carbocycles. The molecule has 3 aromatic carbocycles. The van der Waals surface area contributed by atoms with Crippen LogP contribution >= 0.6 is 39.1 Å². The van der Waals surface area contributed by atoms with Gasteiger partial charge in [-0.05, 0) is 72.4 Å². The summed E-state index contributed by atoms with van der Waals surface area (Å²) in [5.74, 6) is -3.84. The minimum Gasteiger partial charge on any atom is -0.502 e. The van der Waals surface area contributed by atoms with Gasteiger partial charge >= 0.3 is 0 Å². The van der Waals surface area contributed by atoms with E-state index < -0.39 is 51.1 Å². The number of carbonyl (C=O) groups excluding carboxylic acids is 4. The number of alkyl halides is 3. The highest BCUT2D eigenvalue weighted by molar-refractivity contribution is 9.09. The third-order valence-corrected chi connectivity index (χ3v) is 13.0. The second-order valence-electron chi connectivity index (χ2n) is 13.7. The summed E-state index contributed by atoms with van der Waals surface area (Å²) in [6.07, 6.45) is 9.09. The summed E-state index contributed by atoms with van der Waals surface area (Å²) in [5, 5.41) is 10.5. The van der Waals surface area contributed by atoms with Crippen LogP contribution in [0.5, 0.6) is 28.7 Å². The Morgan fingerprint density at radius 2 is 1.47 bits per heavy atom. The molecule has 0 radical (unpaired) electrons. The molecule has 2 aliphatic heterocycles. The predicted octanol–water partition coefficient (Wildman–Crippen LogP) is 7.06. The van der Waals surface area contributed by atoms with Gasteiger partial charge in [-0.3, -0.25) is 29.0 Å². The standard InChI is InChI=1S/C41H37BrCl2N2O9/c1-52-26-12-16-31(53-2)24(19-26)9-5-22-6-10-25(11-7-22)46-36(48)28-14-13-27-29(34(28)37(46)49)20-40(43)38(50)45(21-42)39(51)41(40,44)30(27)15-8-23-17-32(54-3)35(47)33(18-23)55-4/h5-13,15-19,28-30,34,47H,14,20-21H2,1-4H3. The third-order valence-electron chi connectivity index (χ3n) is 11.1. The molecule has 0 bridgehead atoms. The zero-order valence-electron chi connectivity index (χ0n) is 30.3. The number of methoxy groups -OCH3 is 4. The predicted molar refractivity (Wildman–Crippen MR) is 212 cm³/mol. The topological polar surface area (TPSA) is 132 Å². The molecule has 1 N–H and O–H groups in total. The molecule has 2 saturated heterocycles. The van der Waals surface area contributed by atoms with Crippen molar-refractivity contribution < 1.29 is 43.2 Å². The van der Waals surface area contributed by atoms with E-state index in [0.717, 1.165) is 16.0 Å². The van der Waals surface area contributed by atoms with Crippen molar-refractivity contribution in [3.8, 4) is 28.7 Å². The quantitative estimate of drug-likeness (QED) is 0.0749. The van der Waals surface area contributed by atoms with Crippen molar-refractivity contribution in [3.05, 3.63) is 89.0 Å². The summed E-state index contributed by atoms with van der Waals surface area (Å²) < 4.78 is 21.5. The van der Waals surface area contributed by atoms with Crippen LogP contribution < -0.4 is 23.8 Å². The van der Waals surface area contributed by atoms with Crippen LogP contribution in [-0.2, 0) is 19.2 Å². The third kappa shape index (κ3) is 6.00. The summed E-state index contributed by atoms with van der Waals surface area (Å²) in [4.78, 5) is 54.8. The van der Waals surface area contributed by atoms with Crippen molar-refractivity contribution >= 4 is 86.7 Å². The number of rotatable bonds is 10. The Morgan fingerprint density at radius 1 is 0.800 bits per heavy atom. The molecule has 0 spiro atoms. The molecule has 1 saturated carbocycles. The first-order valence-electron chi connectivity index (χ1n) is 17.4. The lowest BCUT2D eigenvalue weighted by atomic mass is 9.57. The van der Waals surface area contributed by atoms with Gasteiger partial charge in [0, 0.05) is 11.5 Å². The molecule has 286 valence electrons. The molecule has 11 nitrogen and oxygen atoms in total. The lowest BCUT2D eigenvalue weighted by molar-refractivity contribution is -0.138. The van der Waals surface area contributed by atoms with Crippen molar-refractivity contribution in [1.82, 2.24) is 4.90 Å². The SMILES string of the molecule is COc1ccc(OC)c(C=Cc2ccc(N3C(=O)C4CC=C5C(CC6(Cl)C(=O)N(CBr)C(=O)C6(Cl)C5C=Cc5cc(OC)c(O)c(OC)c5)C4C3=O)cc2)c1. The lowest BCUT2D eigenvalue weighted by Gasteiger charge is -2.49. The maximum atomic E-state index is 14.5. The Hall–Kier alpha value is -4.78. The molecule has 3 aromatic rings. The van der Waals surface area contributed by atoms with Gasteiger partial charge in [0.25, 0.3) is 11.8 Å². The summed E-state index contributed by atoms with van der Waals surface area (Å²) in [6, 6.07) is 15.7. The van der Waals surface area contributed by atoms with Gasteiger partial charge in [0.1, 0.15) is 11.5 Å². The molecular weight excluding hydrogens is 815 g/mol. The van der Waals surface area contributed by atoms with Crippen molar-refractivity contribution in [2.45, 2.75) is 22.6 Å². The number of ether oxygens (including phenoxy) is 4. The van der Waals surface area contributed by atoms with E-state index in [1.807, 2.05) is 48.6 Å². The fourth-order valence-electron chi connectivity index (χ4n) is 8.36. The van der Waals surface area contributed by atoms with Crippen LogP contribution in [0.25, 0.3) is 18.2 Å². The highest BCUT2D eigenvalue weighted by atomic mass is 79.9. The Morgan fingerprint density at radius 3 is 2.09 bits per heavy atom. The normalized spacial score (nSPS) is 27.4. The van der Waals surface area contributed by atoms with Crippen molar-refractivity contribution in [2.24, 2.45) is 23.7 Å². The summed E-state index contributed by atoms with van der Waals surface area (Å²) in [5.41, 5.74) is 3.10. The van der Waals surface area contributed by atoms with Gasteiger partial charge in [-0.15, -0.1) is 23.2 Å². The molecule has 3 fully saturated rings. The number of allylic oxidation sites excluding steroid dienone is 3. The lowest BCUT2D eigenvalue weighted by Crippen LogP contribution is -2.60. The molecule has 6 unspecified atom stereocenters. The summed E-state index contributed by atoms with van der Waals surface area (Å²) in [6.45, 7) is 0. The van der Waals surface area contributed by atoms with E-state index in [9.17, 15) is 24.3 Å². The number of carbonyl (C=O) groups is 4. The van der Waals surface area contributed by atoms with E-state index in [4.69, 9.17) is 42.1 Å². The second kappa shape index (κ2) is 14.7. The average molecular weight is 853 g/mol. The maximum Gasteiger partial charge on any atom is 0.254 e. The first-order chi connectivity index (χ1) is 26.4. The second-order valence-corrected chi connectivity index (χ2v) is 15.5. The number of nitrogens with zero attached hydrogens (tertiary/aromatic N) is 2. The number of anilines is 1. The molecule has 14 heteroatoms. The van der Waals surface area contributed by atoms with Crippen LogP contribution in [0.2, 0.25) is 0 Å². The van der Waals surface area contributed by atoms with Crippen LogP contribution in [0, 0.1) is 23.7 Å². The fraction of sp³-hybridized carbons (Fsp3) is 0.317. The highest BCUT2D eigenvalue weighted by Gasteiger charge is 2.75. The van der Waals surface area contributed by atoms with Gasteiger partial charge in [-0.25, -0.2) is 0 Å². The van der Waals surface area contributed by atoms with Crippen LogP contribution in [0.4, 0.5) is 5.69 Å². The molecule has 7 rings (SSSR count). The van der Waals surface area contributed by atoms with Crippen LogP contribution in [0.3, 0.4) is 0 Å². The van der Waals surface area contributed by atoms with Crippen molar-refractivity contribution in [1.29, 1.82) is 0 Å². The Bertz CT molecular complexity index is 2160. The Kier molecular flexibility index (Phi) is 10.3. The molecule has 4 aliphatic rings. The fourth-order valence-corrected chi connectivity index (χ4v) is 9.74. The minimum atomic E-state index is -1.94. The van der Waals surface area contributed by atoms with E-state index in [0.29, 0.717) is 28.3 Å². The maximum absolute atomic E-state index is 14.5. The van der Waals surface area contributed by atoms with E-state index in [2.05, 4.69) is 15.9 Å². The Labute approximate surface area is 336 Å². The number of likely N-dealkylation sites (tertiary alicyclic amines) is 1. The van der Waals surface area contributed by atoms with Gasteiger partial charge in [0.15, 0.2) is 21.2 Å². The number of fused-ring (bicyclic) bond motifs is 4. The summed E-state index contributed by atoms with van der Waals surface area (Å²) >= 11 is 17.9.